The largest absolute Gasteiger partial charge is 0.497 e. The van der Waals surface area contributed by atoms with E-state index in [1.54, 1.807) is 19.2 Å². The van der Waals surface area contributed by atoms with E-state index in [-0.39, 0.29) is 24.8 Å². The maximum Gasteiger partial charge on any atom is 0.239 e. The van der Waals surface area contributed by atoms with E-state index in [4.69, 9.17) is 4.74 Å². The van der Waals surface area contributed by atoms with Gasteiger partial charge in [0.2, 0.25) is 11.8 Å². The van der Waals surface area contributed by atoms with Crippen LogP contribution in [-0.2, 0) is 16.0 Å². The SMILES string of the molecule is COc1ccc(CC(=O)NCC(=O)NCCCN(C)C)cc1. The highest BCUT2D eigenvalue weighted by Crippen LogP contribution is 2.11. The van der Waals surface area contributed by atoms with Crippen LogP contribution in [0.15, 0.2) is 24.3 Å². The van der Waals surface area contributed by atoms with Gasteiger partial charge in [0, 0.05) is 6.54 Å². The number of rotatable bonds is 9. The van der Waals surface area contributed by atoms with Crippen LogP contribution in [-0.4, -0.2) is 57.6 Å². The first-order valence-electron chi connectivity index (χ1n) is 7.32. The first-order chi connectivity index (χ1) is 10.5. The van der Waals surface area contributed by atoms with Crippen LogP contribution in [0.3, 0.4) is 0 Å². The average Bonchev–Trinajstić information content (AvgIpc) is 2.50. The molecule has 6 nitrogen and oxygen atoms in total. The molecule has 0 unspecified atom stereocenters. The summed E-state index contributed by atoms with van der Waals surface area (Å²) in [6.45, 7) is 1.55. The predicted octanol–water partition coefficient (Wildman–Crippen LogP) is 0.422. The van der Waals surface area contributed by atoms with Gasteiger partial charge in [-0.3, -0.25) is 9.59 Å². The van der Waals surface area contributed by atoms with Crippen molar-refractivity contribution in [2.75, 3.05) is 40.8 Å². The third-order valence-corrected chi connectivity index (χ3v) is 3.07. The molecule has 0 bridgehead atoms. The molecule has 0 aromatic heterocycles. The Hall–Kier alpha value is -2.08. The lowest BCUT2D eigenvalue weighted by Gasteiger charge is -2.10. The van der Waals surface area contributed by atoms with Crippen LogP contribution in [0.4, 0.5) is 0 Å². The van der Waals surface area contributed by atoms with Gasteiger partial charge in [0.1, 0.15) is 5.75 Å². The molecule has 0 saturated carbocycles. The van der Waals surface area contributed by atoms with Gasteiger partial charge < -0.3 is 20.3 Å². The Bertz CT molecular complexity index is 472. The highest BCUT2D eigenvalue weighted by Gasteiger charge is 2.06. The van der Waals surface area contributed by atoms with Crippen LogP contribution >= 0.6 is 0 Å². The second-order valence-corrected chi connectivity index (χ2v) is 5.31. The summed E-state index contributed by atoms with van der Waals surface area (Å²) in [5, 5.41) is 5.39. The molecule has 1 aromatic rings. The molecule has 22 heavy (non-hydrogen) atoms. The third kappa shape index (κ3) is 7.64. The molecule has 0 saturated heterocycles. The second kappa shape index (κ2) is 9.78. The van der Waals surface area contributed by atoms with Crippen LogP contribution in [0.2, 0.25) is 0 Å². The zero-order chi connectivity index (χ0) is 16.4. The Labute approximate surface area is 131 Å². The van der Waals surface area contributed by atoms with Gasteiger partial charge in [-0.1, -0.05) is 12.1 Å². The molecule has 6 heteroatoms. The summed E-state index contributed by atoms with van der Waals surface area (Å²) in [6, 6.07) is 7.28. The van der Waals surface area contributed by atoms with E-state index < -0.39 is 0 Å². The van der Waals surface area contributed by atoms with E-state index in [1.807, 2.05) is 26.2 Å². The Morgan fingerprint density at radius 1 is 1.09 bits per heavy atom. The molecule has 0 atom stereocenters. The van der Waals surface area contributed by atoms with Crippen molar-refractivity contribution in [1.82, 2.24) is 15.5 Å². The molecule has 2 N–H and O–H groups in total. The number of carbonyl (C=O) groups is 2. The van der Waals surface area contributed by atoms with Gasteiger partial charge in [-0.05, 0) is 44.8 Å². The number of hydrogen-bond acceptors (Lipinski definition) is 4. The van der Waals surface area contributed by atoms with E-state index in [0.29, 0.717) is 6.54 Å². The van der Waals surface area contributed by atoms with Gasteiger partial charge in [0.05, 0.1) is 20.1 Å². The summed E-state index contributed by atoms with van der Waals surface area (Å²) in [4.78, 5) is 25.4. The molecule has 1 aromatic carbocycles. The number of hydrogen-bond donors (Lipinski definition) is 2. The quantitative estimate of drug-likeness (QED) is 0.649. The van der Waals surface area contributed by atoms with Gasteiger partial charge >= 0.3 is 0 Å². The normalized spacial score (nSPS) is 10.4. The van der Waals surface area contributed by atoms with Crippen molar-refractivity contribution < 1.29 is 14.3 Å². The molecule has 0 aliphatic carbocycles. The second-order valence-electron chi connectivity index (χ2n) is 5.31. The van der Waals surface area contributed by atoms with E-state index in [0.717, 1.165) is 24.3 Å². The van der Waals surface area contributed by atoms with Crippen LogP contribution in [0.1, 0.15) is 12.0 Å². The van der Waals surface area contributed by atoms with Gasteiger partial charge in [-0.15, -0.1) is 0 Å². The summed E-state index contributed by atoms with van der Waals surface area (Å²) < 4.78 is 5.06. The van der Waals surface area contributed by atoms with Crippen molar-refractivity contribution >= 4 is 11.8 Å². The maximum atomic E-state index is 11.8. The van der Waals surface area contributed by atoms with Gasteiger partial charge in [-0.25, -0.2) is 0 Å². The van der Waals surface area contributed by atoms with E-state index >= 15 is 0 Å². The minimum Gasteiger partial charge on any atom is -0.497 e. The molecule has 0 radical (unpaired) electrons. The van der Waals surface area contributed by atoms with Gasteiger partial charge in [-0.2, -0.15) is 0 Å². The Morgan fingerprint density at radius 3 is 2.36 bits per heavy atom. The van der Waals surface area contributed by atoms with Crippen molar-refractivity contribution in [3.8, 4) is 5.75 Å². The lowest BCUT2D eigenvalue weighted by Crippen LogP contribution is -2.38. The van der Waals surface area contributed by atoms with Crippen LogP contribution < -0.4 is 15.4 Å². The lowest BCUT2D eigenvalue weighted by atomic mass is 10.1. The smallest absolute Gasteiger partial charge is 0.239 e. The fraction of sp³-hybridized carbons (Fsp3) is 0.500. The minimum atomic E-state index is -0.173. The molecule has 1 rings (SSSR count). The highest BCUT2D eigenvalue weighted by molar-refractivity contribution is 5.85. The summed E-state index contributed by atoms with van der Waals surface area (Å²) in [6.07, 6.45) is 1.14. The molecule has 0 heterocycles. The summed E-state index contributed by atoms with van der Waals surface area (Å²) >= 11 is 0. The minimum absolute atomic E-state index is 0.0109. The fourth-order valence-corrected chi connectivity index (χ4v) is 1.86. The van der Waals surface area contributed by atoms with Gasteiger partial charge in [0.25, 0.3) is 0 Å². The Morgan fingerprint density at radius 2 is 1.77 bits per heavy atom. The molecule has 2 amide bonds. The van der Waals surface area contributed by atoms with Crippen molar-refractivity contribution in [2.24, 2.45) is 0 Å². The first-order valence-corrected chi connectivity index (χ1v) is 7.32. The molecule has 0 aliphatic heterocycles. The van der Waals surface area contributed by atoms with Gasteiger partial charge in [0.15, 0.2) is 0 Å². The van der Waals surface area contributed by atoms with E-state index in [2.05, 4.69) is 15.5 Å². The number of amides is 2. The zero-order valence-corrected chi connectivity index (χ0v) is 13.5. The topological polar surface area (TPSA) is 70.7 Å². The summed E-state index contributed by atoms with van der Waals surface area (Å²) in [7, 11) is 5.57. The van der Waals surface area contributed by atoms with Crippen molar-refractivity contribution in [3.05, 3.63) is 29.8 Å². The van der Waals surface area contributed by atoms with Crippen LogP contribution in [0.5, 0.6) is 5.75 Å². The number of carbonyl (C=O) groups excluding carboxylic acids is 2. The third-order valence-electron chi connectivity index (χ3n) is 3.07. The predicted molar refractivity (Wildman–Crippen MR) is 85.9 cm³/mol. The maximum absolute atomic E-state index is 11.8. The summed E-state index contributed by atoms with van der Waals surface area (Å²) in [5.41, 5.74) is 0.879. The van der Waals surface area contributed by atoms with Crippen LogP contribution in [0, 0.1) is 0 Å². The van der Waals surface area contributed by atoms with E-state index in [1.165, 1.54) is 0 Å². The number of nitrogens with one attached hydrogen (secondary N) is 2. The van der Waals surface area contributed by atoms with E-state index in [9.17, 15) is 9.59 Å². The monoisotopic (exact) mass is 307 g/mol. The Kier molecular flexibility index (Phi) is 7.99. The molecule has 0 fully saturated rings. The van der Waals surface area contributed by atoms with Crippen LogP contribution in [0.25, 0.3) is 0 Å². The average molecular weight is 307 g/mol. The first kappa shape index (κ1) is 18.0. The van der Waals surface area contributed by atoms with Crippen molar-refractivity contribution in [2.45, 2.75) is 12.8 Å². The number of methoxy groups -OCH3 is 1. The zero-order valence-electron chi connectivity index (χ0n) is 13.5. The number of ether oxygens (including phenoxy) is 1. The standard InChI is InChI=1S/C16H25N3O3/c1-19(2)10-4-9-17-16(21)12-18-15(20)11-13-5-7-14(22-3)8-6-13/h5-8H,4,9-12H2,1-3H3,(H,17,21)(H,18,20). The van der Waals surface area contributed by atoms with Crippen molar-refractivity contribution in [1.29, 1.82) is 0 Å². The Balaban J connectivity index is 2.20. The number of benzene rings is 1. The lowest BCUT2D eigenvalue weighted by molar-refractivity contribution is -0.125. The summed E-state index contributed by atoms with van der Waals surface area (Å²) in [5.74, 6) is 0.414. The molecule has 0 spiro atoms. The van der Waals surface area contributed by atoms with Crippen molar-refractivity contribution in [3.63, 3.8) is 0 Å². The molecular weight excluding hydrogens is 282 g/mol. The number of nitrogens with zero attached hydrogens (tertiary/aromatic N) is 1. The molecular formula is C16H25N3O3. The molecule has 0 aliphatic rings. The fourth-order valence-electron chi connectivity index (χ4n) is 1.86. The highest BCUT2D eigenvalue weighted by atomic mass is 16.5. The molecule has 122 valence electrons.